The topological polar surface area (TPSA) is 80.4 Å². The molecule has 2 aromatic rings. The molecular formula is C22H31Cl2FN6O. The first kappa shape index (κ1) is 24.9. The highest BCUT2D eigenvalue weighted by atomic mass is 35.5. The predicted molar refractivity (Wildman–Crippen MR) is 128 cm³/mol. The number of nitrogens with two attached hydrogens (primary N) is 1. The maximum absolute atomic E-state index is 13.8. The lowest BCUT2D eigenvalue weighted by Crippen LogP contribution is -2.55. The van der Waals surface area contributed by atoms with Crippen molar-refractivity contribution < 1.29 is 9.13 Å². The Bertz CT molecular complexity index is 958. The summed E-state index contributed by atoms with van der Waals surface area (Å²) in [4.78, 5) is 8.91. The van der Waals surface area contributed by atoms with Gasteiger partial charge in [0.2, 0.25) is 5.95 Å². The van der Waals surface area contributed by atoms with Gasteiger partial charge in [0.25, 0.3) is 0 Å². The van der Waals surface area contributed by atoms with E-state index in [1.807, 2.05) is 4.90 Å². The molecule has 2 heterocycles. The van der Waals surface area contributed by atoms with E-state index in [-0.39, 0.29) is 38.3 Å². The molecule has 176 valence electrons. The second-order valence-electron chi connectivity index (χ2n) is 9.59. The summed E-state index contributed by atoms with van der Waals surface area (Å²) in [7, 11) is 0. The second kappa shape index (κ2) is 9.63. The summed E-state index contributed by atoms with van der Waals surface area (Å²) >= 11 is 12.2. The summed E-state index contributed by atoms with van der Waals surface area (Å²) in [5.74, 6) is 0.0327. The van der Waals surface area contributed by atoms with E-state index in [0.717, 1.165) is 38.7 Å². The molecule has 0 aliphatic carbocycles. The molecule has 0 unspecified atom stereocenters. The van der Waals surface area contributed by atoms with Crippen molar-refractivity contribution >= 4 is 35.0 Å². The third-order valence-corrected chi connectivity index (χ3v) is 6.42. The smallest absolute Gasteiger partial charge is 0.247 e. The van der Waals surface area contributed by atoms with Gasteiger partial charge >= 0.3 is 0 Å². The number of benzene rings is 1. The fourth-order valence-corrected chi connectivity index (χ4v) is 4.06. The molecule has 1 aromatic heterocycles. The molecular weight excluding hydrogens is 454 g/mol. The molecule has 2 N–H and O–H groups in total. The van der Waals surface area contributed by atoms with E-state index in [4.69, 9.17) is 33.7 Å². The van der Waals surface area contributed by atoms with Crippen molar-refractivity contribution in [3.8, 4) is 11.3 Å². The summed E-state index contributed by atoms with van der Waals surface area (Å²) < 4.78 is 19.7. The van der Waals surface area contributed by atoms with Crippen molar-refractivity contribution in [2.24, 2.45) is 0 Å². The van der Waals surface area contributed by atoms with E-state index in [2.05, 4.69) is 54.7 Å². The van der Waals surface area contributed by atoms with Crippen LogP contribution in [0.2, 0.25) is 10.0 Å². The molecule has 3 rings (SSSR count). The van der Waals surface area contributed by atoms with Gasteiger partial charge in [0, 0.05) is 43.9 Å². The molecule has 0 spiro atoms. The predicted octanol–water partition coefficient (Wildman–Crippen LogP) is 4.67. The van der Waals surface area contributed by atoms with Crippen molar-refractivity contribution in [3.63, 3.8) is 0 Å². The van der Waals surface area contributed by atoms with Gasteiger partial charge in [0.05, 0.1) is 15.6 Å². The Hall–Kier alpha value is -1.74. The van der Waals surface area contributed by atoms with Crippen LogP contribution in [0, 0.1) is 5.82 Å². The Labute approximate surface area is 199 Å². The molecule has 7 nitrogen and oxygen atoms in total. The average Bonchev–Trinajstić information content (AvgIpc) is 2.70. The monoisotopic (exact) mass is 484 g/mol. The lowest BCUT2D eigenvalue weighted by atomic mass is 9.97. The maximum Gasteiger partial charge on any atom is 0.247 e. The van der Waals surface area contributed by atoms with Gasteiger partial charge in [-0.1, -0.05) is 23.2 Å². The minimum atomic E-state index is -0.536. The number of nitrogen functional groups attached to an aromatic ring is 1. The van der Waals surface area contributed by atoms with Gasteiger partial charge in [0.15, 0.2) is 5.82 Å². The molecule has 1 saturated heterocycles. The normalized spacial score (nSPS) is 15.9. The van der Waals surface area contributed by atoms with Crippen LogP contribution in [-0.2, 0) is 4.74 Å². The number of ether oxygens (including phenoxy) is 1. The van der Waals surface area contributed by atoms with Gasteiger partial charge in [-0.3, -0.25) is 4.90 Å². The average molecular weight is 485 g/mol. The van der Waals surface area contributed by atoms with Gasteiger partial charge in [0.1, 0.15) is 11.5 Å². The van der Waals surface area contributed by atoms with Crippen molar-refractivity contribution in [2.75, 3.05) is 43.4 Å². The zero-order valence-electron chi connectivity index (χ0n) is 19.3. The minimum Gasteiger partial charge on any atom is -0.382 e. The lowest BCUT2D eigenvalue weighted by Gasteiger charge is -2.44. The summed E-state index contributed by atoms with van der Waals surface area (Å²) in [5.41, 5.74) is 6.49. The van der Waals surface area contributed by atoms with Crippen LogP contribution in [0.3, 0.4) is 0 Å². The first-order chi connectivity index (χ1) is 14.9. The largest absolute Gasteiger partial charge is 0.382 e. The Kier molecular flexibility index (Phi) is 7.49. The summed E-state index contributed by atoms with van der Waals surface area (Å²) in [5, 5.41) is 8.65. The van der Waals surface area contributed by atoms with E-state index < -0.39 is 5.82 Å². The van der Waals surface area contributed by atoms with Gasteiger partial charge in [-0.05, 0) is 53.2 Å². The SMILES string of the molecule is CC(C)(C)OCCC(C)(C)N1CCN(c2nnc(-c3cc(F)cc(Cl)c3Cl)c(N)n2)CC1. The zero-order valence-corrected chi connectivity index (χ0v) is 20.8. The van der Waals surface area contributed by atoms with E-state index in [1.165, 1.54) is 6.07 Å². The Balaban J connectivity index is 1.66. The summed E-state index contributed by atoms with van der Waals surface area (Å²) in [6.07, 6.45) is 0.945. The fourth-order valence-electron chi connectivity index (χ4n) is 3.66. The highest BCUT2D eigenvalue weighted by molar-refractivity contribution is 6.43. The molecule has 32 heavy (non-hydrogen) atoms. The van der Waals surface area contributed by atoms with Crippen LogP contribution in [0.25, 0.3) is 11.3 Å². The summed E-state index contributed by atoms with van der Waals surface area (Å²) in [6, 6.07) is 2.36. The Morgan fingerprint density at radius 1 is 1.06 bits per heavy atom. The highest BCUT2D eigenvalue weighted by Crippen LogP contribution is 2.35. The van der Waals surface area contributed by atoms with Gasteiger partial charge in [-0.2, -0.15) is 4.98 Å². The molecule has 1 aliphatic rings. The fraction of sp³-hybridized carbons (Fsp3) is 0.591. The quantitative estimate of drug-likeness (QED) is 0.596. The maximum atomic E-state index is 13.8. The number of rotatable bonds is 6. The minimum absolute atomic E-state index is 0.0206. The van der Waals surface area contributed by atoms with E-state index in [0.29, 0.717) is 12.6 Å². The number of aromatic nitrogens is 3. The molecule has 1 aliphatic heterocycles. The van der Waals surface area contributed by atoms with Crippen LogP contribution >= 0.6 is 23.2 Å². The number of anilines is 2. The molecule has 1 aromatic carbocycles. The van der Waals surface area contributed by atoms with E-state index in [1.54, 1.807) is 0 Å². The number of nitrogens with zero attached hydrogens (tertiary/aromatic N) is 5. The zero-order chi connectivity index (χ0) is 23.7. The number of hydrogen-bond donors (Lipinski definition) is 1. The van der Waals surface area contributed by atoms with Crippen LogP contribution in [-0.4, -0.2) is 64.0 Å². The van der Waals surface area contributed by atoms with Crippen LogP contribution in [0.15, 0.2) is 12.1 Å². The van der Waals surface area contributed by atoms with Gasteiger partial charge < -0.3 is 15.4 Å². The standard InChI is InChI=1S/C22H31Cl2FN6O/c1-21(2,3)32-11-6-22(4,5)31-9-7-30(8-10-31)20-27-19(26)18(28-29-20)15-12-14(25)13-16(23)17(15)24/h12-13H,6-11H2,1-5H3,(H2,26,27,29). The molecule has 0 amide bonds. The third kappa shape index (κ3) is 5.98. The van der Waals surface area contributed by atoms with Crippen LogP contribution in [0.5, 0.6) is 0 Å². The van der Waals surface area contributed by atoms with Crippen LogP contribution in [0.1, 0.15) is 41.0 Å². The van der Waals surface area contributed by atoms with Gasteiger partial charge in [-0.15, -0.1) is 10.2 Å². The van der Waals surface area contributed by atoms with Crippen LogP contribution < -0.4 is 10.6 Å². The molecule has 0 bridgehead atoms. The van der Waals surface area contributed by atoms with E-state index in [9.17, 15) is 4.39 Å². The highest BCUT2D eigenvalue weighted by Gasteiger charge is 2.31. The molecule has 1 fully saturated rings. The molecule has 0 radical (unpaired) electrons. The lowest BCUT2D eigenvalue weighted by molar-refractivity contribution is -0.0251. The van der Waals surface area contributed by atoms with Crippen molar-refractivity contribution in [3.05, 3.63) is 28.0 Å². The number of halogens is 3. The Morgan fingerprint density at radius 3 is 2.31 bits per heavy atom. The Morgan fingerprint density at radius 2 is 1.72 bits per heavy atom. The molecule has 0 saturated carbocycles. The number of piperazine rings is 1. The first-order valence-electron chi connectivity index (χ1n) is 10.7. The number of hydrogen-bond acceptors (Lipinski definition) is 7. The van der Waals surface area contributed by atoms with Crippen molar-refractivity contribution in [1.29, 1.82) is 0 Å². The third-order valence-electron chi connectivity index (χ3n) is 5.62. The van der Waals surface area contributed by atoms with E-state index >= 15 is 0 Å². The molecule has 10 heteroatoms. The second-order valence-corrected chi connectivity index (χ2v) is 10.4. The summed E-state index contributed by atoms with van der Waals surface area (Å²) in [6.45, 7) is 14.6. The van der Waals surface area contributed by atoms with Crippen molar-refractivity contribution in [2.45, 2.75) is 52.2 Å². The first-order valence-corrected chi connectivity index (χ1v) is 11.4. The van der Waals surface area contributed by atoms with Gasteiger partial charge in [-0.25, -0.2) is 4.39 Å². The van der Waals surface area contributed by atoms with Crippen LogP contribution in [0.4, 0.5) is 16.2 Å². The van der Waals surface area contributed by atoms with Crippen molar-refractivity contribution in [1.82, 2.24) is 20.1 Å². The molecule has 0 atom stereocenters.